The van der Waals surface area contributed by atoms with Gasteiger partial charge in [0.1, 0.15) is 0 Å². The summed E-state index contributed by atoms with van der Waals surface area (Å²) in [4.78, 5) is 22.9. The highest BCUT2D eigenvalue weighted by molar-refractivity contribution is 6.34. The van der Waals surface area contributed by atoms with Crippen molar-refractivity contribution in [2.45, 2.75) is 32.2 Å². The second-order valence-corrected chi connectivity index (χ2v) is 5.35. The molecule has 0 spiro atoms. The van der Waals surface area contributed by atoms with Gasteiger partial charge in [0, 0.05) is 18.7 Å². The second-order valence-electron chi connectivity index (χ2n) is 4.94. The van der Waals surface area contributed by atoms with Crippen molar-refractivity contribution in [3.8, 4) is 0 Å². The first kappa shape index (κ1) is 15.4. The predicted molar refractivity (Wildman–Crippen MR) is 84.7 cm³/mol. The number of benzene rings is 1. The van der Waals surface area contributed by atoms with E-state index in [0.29, 0.717) is 16.4 Å². The standard InChI is InChI=1S/C15H18ClN3O2/c1-10(20)17-12-7-8-14(13(16)9-12)19-15(21)18-11-5-3-2-4-6-11/h3,5,7-9,11H,2,4,6H2,1H3,(H,17,20)(H2,18,19,21)/t11-/m1/s1. The fraction of sp³-hybridized carbons (Fsp3) is 0.333. The number of halogens is 1. The first-order valence-electron chi connectivity index (χ1n) is 6.86. The number of anilines is 2. The fourth-order valence-corrected chi connectivity index (χ4v) is 2.38. The summed E-state index contributed by atoms with van der Waals surface area (Å²) < 4.78 is 0. The summed E-state index contributed by atoms with van der Waals surface area (Å²) >= 11 is 6.09. The van der Waals surface area contributed by atoms with Gasteiger partial charge in [-0.05, 0) is 37.5 Å². The number of allylic oxidation sites excluding steroid dienone is 1. The van der Waals surface area contributed by atoms with Crippen LogP contribution in [0.4, 0.5) is 16.2 Å². The average Bonchev–Trinajstić information content (AvgIpc) is 2.42. The van der Waals surface area contributed by atoms with Gasteiger partial charge in [0.15, 0.2) is 0 Å². The number of rotatable bonds is 3. The first-order valence-corrected chi connectivity index (χ1v) is 7.24. The van der Waals surface area contributed by atoms with Gasteiger partial charge in [-0.1, -0.05) is 23.8 Å². The van der Waals surface area contributed by atoms with Crippen molar-refractivity contribution < 1.29 is 9.59 Å². The summed E-state index contributed by atoms with van der Waals surface area (Å²) in [6.45, 7) is 1.42. The molecular formula is C15H18ClN3O2. The van der Waals surface area contributed by atoms with Gasteiger partial charge in [-0.25, -0.2) is 4.79 Å². The van der Waals surface area contributed by atoms with Gasteiger partial charge < -0.3 is 16.0 Å². The predicted octanol–water partition coefficient (Wildman–Crippen LogP) is 3.53. The quantitative estimate of drug-likeness (QED) is 0.748. The average molecular weight is 308 g/mol. The van der Waals surface area contributed by atoms with Crippen LogP contribution in [0, 0.1) is 0 Å². The van der Waals surface area contributed by atoms with Crippen LogP contribution in [0.5, 0.6) is 0 Å². The van der Waals surface area contributed by atoms with Crippen molar-refractivity contribution in [1.82, 2.24) is 5.32 Å². The molecule has 0 aliphatic heterocycles. The molecule has 0 radical (unpaired) electrons. The van der Waals surface area contributed by atoms with E-state index >= 15 is 0 Å². The molecule has 1 aliphatic carbocycles. The van der Waals surface area contributed by atoms with Crippen molar-refractivity contribution in [2.24, 2.45) is 0 Å². The molecule has 21 heavy (non-hydrogen) atoms. The molecule has 1 aromatic rings. The van der Waals surface area contributed by atoms with Crippen LogP contribution in [-0.2, 0) is 4.79 Å². The van der Waals surface area contributed by atoms with E-state index in [1.807, 2.05) is 6.08 Å². The number of carbonyl (C=O) groups is 2. The van der Waals surface area contributed by atoms with Gasteiger partial charge in [-0.2, -0.15) is 0 Å². The number of hydrogen-bond acceptors (Lipinski definition) is 2. The van der Waals surface area contributed by atoms with Crippen LogP contribution >= 0.6 is 11.6 Å². The number of urea groups is 1. The van der Waals surface area contributed by atoms with Crippen LogP contribution in [0.3, 0.4) is 0 Å². The molecule has 0 saturated carbocycles. The highest BCUT2D eigenvalue weighted by Crippen LogP contribution is 2.25. The molecule has 3 N–H and O–H groups in total. The van der Waals surface area contributed by atoms with Crippen molar-refractivity contribution >= 4 is 34.9 Å². The van der Waals surface area contributed by atoms with Crippen molar-refractivity contribution in [3.63, 3.8) is 0 Å². The number of carbonyl (C=O) groups excluding carboxylic acids is 2. The van der Waals surface area contributed by atoms with E-state index in [2.05, 4.69) is 22.0 Å². The molecule has 6 heteroatoms. The maximum Gasteiger partial charge on any atom is 0.319 e. The molecule has 0 bridgehead atoms. The summed E-state index contributed by atoms with van der Waals surface area (Å²) in [6, 6.07) is 4.71. The van der Waals surface area contributed by atoms with Gasteiger partial charge >= 0.3 is 6.03 Å². The highest BCUT2D eigenvalue weighted by Gasteiger charge is 2.12. The van der Waals surface area contributed by atoms with E-state index in [4.69, 9.17) is 11.6 Å². The Morgan fingerprint density at radius 1 is 1.29 bits per heavy atom. The minimum absolute atomic E-state index is 0.0659. The number of nitrogens with one attached hydrogen (secondary N) is 3. The van der Waals surface area contributed by atoms with Gasteiger partial charge in [0.2, 0.25) is 5.91 Å². The van der Waals surface area contributed by atoms with E-state index in [1.54, 1.807) is 18.2 Å². The topological polar surface area (TPSA) is 70.2 Å². The van der Waals surface area contributed by atoms with Crippen LogP contribution in [0.2, 0.25) is 5.02 Å². The zero-order valence-corrected chi connectivity index (χ0v) is 12.5. The third-order valence-corrected chi connectivity index (χ3v) is 3.42. The zero-order chi connectivity index (χ0) is 15.2. The van der Waals surface area contributed by atoms with Crippen LogP contribution in [0.25, 0.3) is 0 Å². The molecule has 0 unspecified atom stereocenters. The molecule has 0 saturated heterocycles. The third-order valence-electron chi connectivity index (χ3n) is 3.11. The molecule has 1 aliphatic rings. The Hall–Kier alpha value is -2.01. The number of hydrogen-bond donors (Lipinski definition) is 3. The van der Waals surface area contributed by atoms with E-state index < -0.39 is 0 Å². The summed E-state index contributed by atoms with van der Waals surface area (Å²) in [5.41, 5.74) is 1.09. The smallest absolute Gasteiger partial charge is 0.319 e. The van der Waals surface area contributed by atoms with E-state index in [-0.39, 0.29) is 18.0 Å². The Morgan fingerprint density at radius 3 is 2.71 bits per heavy atom. The summed E-state index contributed by atoms with van der Waals surface area (Å²) in [6.07, 6.45) is 7.16. The van der Waals surface area contributed by atoms with E-state index in [0.717, 1.165) is 19.3 Å². The van der Waals surface area contributed by atoms with Gasteiger partial charge in [-0.3, -0.25) is 4.79 Å². The summed E-state index contributed by atoms with van der Waals surface area (Å²) in [5.74, 6) is -0.173. The Labute approximate surface area is 128 Å². The maximum absolute atomic E-state index is 11.9. The molecule has 1 aromatic carbocycles. The Kier molecular flexibility index (Phi) is 5.22. The fourth-order valence-electron chi connectivity index (χ4n) is 2.16. The summed E-state index contributed by atoms with van der Waals surface area (Å²) in [5, 5.41) is 8.59. The number of amides is 3. The molecule has 1 atom stereocenters. The van der Waals surface area contributed by atoms with Gasteiger partial charge in [0.25, 0.3) is 0 Å². The lowest BCUT2D eigenvalue weighted by molar-refractivity contribution is -0.114. The van der Waals surface area contributed by atoms with E-state index in [9.17, 15) is 9.59 Å². The molecule has 112 valence electrons. The molecule has 2 rings (SSSR count). The molecule has 0 fully saturated rings. The van der Waals surface area contributed by atoms with Crippen LogP contribution < -0.4 is 16.0 Å². The Morgan fingerprint density at radius 2 is 2.10 bits per heavy atom. The normalized spacial score (nSPS) is 17.1. The molecular weight excluding hydrogens is 290 g/mol. The molecule has 3 amide bonds. The maximum atomic E-state index is 11.9. The largest absolute Gasteiger partial charge is 0.332 e. The second kappa shape index (κ2) is 7.13. The van der Waals surface area contributed by atoms with Crippen molar-refractivity contribution in [2.75, 3.05) is 10.6 Å². The minimum atomic E-state index is -0.291. The SMILES string of the molecule is CC(=O)Nc1ccc(NC(=O)N[C@@H]2C=CCCC2)c(Cl)c1. The zero-order valence-electron chi connectivity index (χ0n) is 11.8. The Balaban J connectivity index is 1.95. The lowest BCUT2D eigenvalue weighted by Crippen LogP contribution is -2.37. The lowest BCUT2D eigenvalue weighted by Gasteiger charge is -2.18. The van der Waals surface area contributed by atoms with Gasteiger partial charge in [-0.15, -0.1) is 0 Å². The van der Waals surface area contributed by atoms with Crippen LogP contribution in [0.1, 0.15) is 26.2 Å². The first-order chi connectivity index (χ1) is 10.0. The lowest BCUT2D eigenvalue weighted by atomic mass is 10.0. The van der Waals surface area contributed by atoms with Gasteiger partial charge in [0.05, 0.1) is 10.7 Å². The third kappa shape index (κ3) is 4.79. The Bertz CT molecular complexity index is 572. The van der Waals surface area contributed by atoms with Crippen LogP contribution in [-0.4, -0.2) is 18.0 Å². The summed E-state index contributed by atoms with van der Waals surface area (Å²) in [7, 11) is 0. The van der Waals surface area contributed by atoms with Crippen molar-refractivity contribution in [1.29, 1.82) is 0 Å². The molecule has 0 aromatic heterocycles. The van der Waals surface area contributed by atoms with Crippen LogP contribution in [0.15, 0.2) is 30.4 Å². The molecule has 0 heterocycles. The molecule has 5 nitrogen and oxygen atoms in total. The van der Waals surface area contributed by atoms with Crippen molar-refractivity contribution in [3.05, 3.63) is 35.4 Å². The van der Waals surface area contributed by atoms with E-state index in [1.165, 1.54) is 6.92 Å². The minimum Gasteiger partial charge on any atom is -0.332 e. The monoisotopic (exact) mass is 307 g/mol. The highest BCUT2D eigenvalue weighted by atomic mass is 35.5.